The molecule has 1 saturated carbocycles. The van der Waals surface area contributed by atoms with Gasteiger partial charge in [-0.1, -0.05) is 39.5 Å². The largest absolute Gasteiger partial charge is 0.351 e. The van der Waals surface area contributed by atoms with Crippen LogP contribution in [0.4, 0.5) is 0 Å². The minimum absolute atomic E-state index is 0.00861. The van der Waals surface area contributed by atoms with Crippen LogP contribution in [0.1, 0.15) is 89.0 Å². The van der Waals surface area contributed by atoms with Gasteiger partial charge in [0, 0.05) is 12.6 Å². The van der Waals surface area contributed by atoms with Crippen molar-refractivity contribution in [1.82, 2.24) is 19.7 Å². The van der Waals surface area contributed by atoms with Gasteiger partial charge in [0.15, 0.2) is 0 Å². The third kappa shape index (κ3) is 5.20. The molecule has 7 heteroatoms. The molecule has 0 bridgehead atoms. The fraction of sp³-hybridized carbons (Fsp3) is 0.704. The van der Waals surface area contributed by atoms with E-state index in [1.807, 2.05) is 17.9 Å². The molecule has 34 heavy (non-hydrogen) atoms. The molecular formula is C27H42N4O2S. The first-order chi connectivity index (χ1) is 16.5. The molecule has 1 atom stereocenters. The van der Waals surface area contributed by atoms with Crippen LogP contribution in [0.2, 0.25) is 0 Å². The molecule has 2 aromatic rings. The molecule has 0 saturated heterocycles. The predicted octanol–water partition coefficient (Wildman–Crippen LogP) is 5.27. The van der Waals surface area contributed by atoms with Crippen LogP contribution < -0.4 is 5.32 Å². The maximum atomic E-state index is 13.8. The first-order valence-electron chi connectivity index (χ1n) is 13.4. The van der Waals surface area contributed by atoms with Crippen molar-refractivity contribution in [3.05, 3.63) is 23.2 Å². The quantitative estimate of drug-likeness (QED) is 0.466. The van der Waals surface area contributed by atoms with E-state index < -0.39 is 5.54 Å². The lowest BCUT2D eigenvalue weighted by Gasteiger charge is -2.45. The Morgan fingerprint density at radius 2 is 1.85 bits per heavy atom. The number of thiophene rings is 1. The summed E-state index contributed by atoms with van der Waals surface area (Å²) in [5.74, 6) is 0.000140. The number of carbonyl (C=O) groups is 2. The van der Waals surface area contributed by atoms with Gasteiger partial charge >= 0.3 is 0 Å². The molecule has 1 N–H and O–H groups in total. The second kappa shape index (κ2) is 11.3. The molecule has 188 valence electrons. The molecule has 2 aliphatic rings. The molecule has 0 radical (unpaired) electrons. The summed E-state index contributed by atoms with van der Waals surface area (Å²) in [7, 11) is 0. The van der Waals surface area contributed by atoms with E-state index in [9.17, 15) is 9.59 Å². The molecule has 3 heterocycles. The summed E-state index contributed by atoms with van der Waals surface area (Å²) < 4.78 is 3.20. The minimum atomic E-state index is -0.884. The lowest BCUT2D eigenvalue weighted by atomic mass is 9.93. The van der Waals surface area contributed by atoms with E-state index in [-0.39, 0.29) is 17.9 Å². The molecule has 0 aromatic carbocycles. The SMILES string of the molecule is CCCN(CCC)CCCN1C(=O)c2cc3sccc3n2C[C@]1(C)C(=O)NC1CCCCCC1. The Bertz CT molecular complexity index is 969. The zero-order chi connectivity index (χ0) is 24.1. The fourth-order valence-corrected chi connectivity index (χ4v) is 6.63. The summed E-state index contributed by atoms with van der Waals surface area (Å²) in [4.78, 5) is 32.0. The molecule has 1 aliphatic carbocycles. The van der Waals surface area contributed by atoms with E-state index in [4.69, 9.17) is 0 Å². The van der Waals surface area contributed by atoms with Crippen molar-refractivity contribution < 1.29 is 9.59 Å². The minimum Gasteiger partial charge on any atom is -0.351 e. The van der Waals surface area contributed by atoms with Crippen LogP contribution >= 0.6 is 11.3 Å². The third-order valence-corrected chi connectivity index (χ3v) is 8.52. The van der Waals surface area contributed by atoms with Gasteiger partial charge in [-0.05, 0) is 76.2 Å². The Kier molecular flexibility index (Phi) is 8.35. The highest BCUT2D eigenvalue weighted by molar-refractivity contribution is 7.17. The molecule has 6 nitrogen and oxygen atoms in total. The van der Waals surface area contributed by atoms with Gasteiger partial charge in [0.05, 0.1) is 16.8 Å². The van der Waals surface area contributed by atoms with Crippen LogP contribution in [0.5, 0.6) is 0 Å². The number of hydrogen-bond donors (Lipinski definition) is 1. The van der Waals surface area contributed by atoms with Crippen LogP contribution in [-0.2, 0) is 11.3 Å². The highest BCUT2D eigenvalue weighted by Gasteiger charge is 2.48. The normalized spacial score (nSPS) is 21.8. The zero-order valence-electron chi connectivity index (χ0n) is 21.3. The van der Waals surface area contributed by atoms with Crippen LogP contribution in [0.3, 0.4) is 0 Å². The highest BCUT2D eigenvalue weighted by atomic mass is 32.1. The average Bonchev–Trinajstić information content (AvgIpc) is 3.31. The number of aromatic nitrogens is 1. The van der Waals surface area contributed by atoms with Crippen molar-refractivity contribution in [2.24, 2.45) is 0 Å². The Morgan fingerprint density at radius 3 is 2.53 bits per heavy atom. The summed E-state index contributed by atoms with van der Waals surface area (Å²) in [5.41, 5.74) is 0.907. The maximum absolute atomic E-state index is 13.8. The number of nitrogens with zero attached hydrogens (tertiary/aromatic N) is 3. The number of rotatable bonds is 10. The summed E-state index contributed by atoms with van der Waals surface area (Å²) in [5, 5.41) is 5.43. The van der Waals surface area contributed by atoms with E-state index in [0.717, 1.165) is 67.6 Å². The number of nitrogens with one attached hydrogen (secondary N) is 1. The summed E-state index contributed by atoms with van der Waals surface area (Å²) in [6.45, 7) is 10.7. The van der Waals surface area contributed by atoms with Crippen LogP contribution in [0.15, 0.2) is 17.5 Å². The lowest BCUT2D eigenvalue weighted by Crippen LogP contribution is -2.65. The van der Waals surface area contributed by atoms with Gasteiger partial charge in [-0.3, -0.25) is 9.59 Å². The second-order valence-corrected chi connectivity index (χ2v) is 11.3. The first kappa shape index (κ1) is 25.2. The standard InChI is InChI=1S/C27H42N4O2S/c1-4-14-29(15-5-2)16-10-17-31-25(32)23-19-24-22(13-18-34-24)30(23)20-27(31,3)26(33)28-21-11-8-6-7-9-12-21/h13,18-19,21H,4-12,14-17,20H2,1-3H3,(H,28,33)/t27-/m1/s1. The molecule has 1 aliphatic heterocycles. The van der Waals surface area contributed by atoms with Crippen LogP contribution in [0.25, 0.3) is 10.2 Å². The average molecular weight is 487 g/mol. The summed E-state index contributed by atoms with van der Waals surface area (Å²) >= 11 is 1.66. The predicted molar refractivity (Wildman–Crippen MR) is 141 cm³/mol. The van der Waals surface area contributed by atoms with Gasteiger partial charge in [0.25, 0.3) is 5.91 Å². The number of carbonyl (C=O) groups excluding carboxylic acids is 2. The van der Waals surface area contributed by atoms with Gasteiger partial charge < -0.3 is 19.7 Å². The first-order valence-corrected chi connectivity index (χ1v) is 14.3. The van der Waals surface area contributed by atoms with Gasteiger partial charge in [-0.2, -0.15) is 0 Å². The Balaban J connectivity index is 1.56. The van der Waals surface area contributed by atoms with E-state index in [1.54, 1.807) is 11.3 Å². The second-order valence-electron chi connectivity index (χ2n) is 10.4. The number of amides is 2. The topological polar surface area (TPSA) is 57.6 Å². The Morgan fingerprint density at radius 1 is 1.15 bits per heavy atom. The van der Waals surface area contributed by atoms with Crippen molar-refractivity contribution in [3.8, 4) is 0 Å². The molecule has 4 rings (SSSR count). The van der Waals surface area contributed by atoms with Crippen molar-refractivity contribution in [2.75, 3.05) is 26.2 Å². The highest BCUT2D eigenvalue weighted by Crippen LogP contribution is 2.34. The Hall–Kier alpha value is -1.86. The molecule has 0 unspecified atom stereocenters. The summed E-state index contributed by atoms with van der Waals surface area (Å²) in [6.07, 6.45) is 10.1. The van der Waals surface area contributed by atoms with Crippen molar-refractivity contribution in [1.29, 1.82) is 0 Å². The maximum Gasteiger partial charge on any atom is 0.271 e. The molecule has 1 fully saturated rings. The lowest BCUT2D eigenvalue weighted by molar-refractivity contribution is -0.133. The van der Waals surface area contributed by atoms with E-state index in [2.05, 4.69) is 40.1 Å². The zero-order valence-corrected chi connectivity index (χ0v) is 22.1. The van der Waals surface area contributed by atoms with Gasteiger partial charge in [-0.25, -0.2) is 0 Å². The van der Waals surface area contributed by atoms with E-state index in [0.29, 0.717) is 13.1 Å². The van der Waals surface area contributed by atoms with Crippen molar-refractivity contribution in [2.45, 2.75) is 96.7 Å². The van der Waals surface area contributed by atoms with Crippen LogP contribution in [-0.4, -0.2) is 63.9 Å². The van der Waals surface area contributed by atoms with E-state index in [1.165, 1.54) is 25.7 Å². The van der Waals surface area contributed by atoms with Gasteiger partial charge in [0.1, 0.15) is 11.2 Å². The number of fused-ring (bicyclic) bond motifs is 3. The van der Waals surface area contributed by atoms with Gasteiger partial charge in [-0.15, -0.1) is 11.3 Å². The molecule has 2 amide bonds. The third-order valence-electron chi connectivity index (χ3n) is 7.66. The summed E-state index contributed by atoms with van der Waals surface area (Å²) in [6, 6.07) is 4.31. The van der Waals surface area contributed by atoms with Gasteiger partial charge in [0.2, 0.25) is 5.91 Å². The van der Waals surface area contributed by atoms with Crippen LogP contribution in [0, 0.1) is 0 Å². The van der Waals surface area contributed by atoms with Crippen molar-refractivity contribution >= 4 is 33.4 Å². The van der Waals surface area contributed by atoms with Crippen molar-refractivity contribution in [3.63, 3.8) is 0 Å². The fourth-order valence-electron chi connectivity index (χ4n) is 5.81. The molecule has 2 aromatic heterocycles. The smallest absolute Gasteiger partial charge is 0.271 e. The molecule has 0 spiro atoms. The monoisotopic (exact) mass is 486 g/mol. The Labute approximate surface area is 208 Å². The number of hydrogen-bond acceptors (Lipinski definition) is 4. The molecular weight excluding hydrogens is 444 g/mol. The van der Waals surface area contributed by atoms with E-state index >= 15 is 0 Å².